The maximum absolute atomic E-state index is 14.1. The highest BCUT2D eigenvalue weighted by Gasteiger charge is 2.36. The molecule has 0 spiro atoms. The zero-order valence-corrected chi connectivity index (χ0v) is 27.0. The van der Waals surface area contributed by atoms with Crippen molar-refractivity contribution >= 4 is 17.7 Å². The number of carbonyl (C=O) groups is 1. The Kier molecular flexibility index (Phi) is 9.01. The SMILES string of the molecule is CC(C)c1nc2c(c(-c3ccc(F)cc3)c1/C=C/[C@@H]1C[C@H](CC(=O)OC(C)(C)C)OC(C)(C)O1)Cc1cc(N)ccc1CC2. The lowest BCUT2D eigenvalue weighted by Gasteiger charge is -2.40. The highest BCUT2D eigenvalue weighted by molar-refractivity contribution is 5.81. The van der Waals surface area contributed by atoms with Crippen molar-refractivity contribution in [2.45, 2.75) is 110 Å². The van der Waals surface area contributed by atoms with E-state index in [2.05, 4.69) is 38.1 Å². The van der Waals surface area contributed by atoms with Crippen molar-refractivity contribution in [2.24, 2.45) is 0 Å². The molecule has 2 heterocycles. The summed E-state index contributed by atoms with van der Waals surface area (Å²) in [5, 5.41) is 0. The molecular weight excluding hydrogens is 555 g/mol. The number of nitrogen functional groups attached to an aromatic ring is 1. The van der Waals surface area contributed by atoms with Gasteiger partial charge in [-0.2, -0.15) is 0 Å². The molecule has 44 heavy (non-hydrogen) atoms. The number of nitrogens with two attached hydrogens (primary N) is 1. The molecule has 1 aromatic heterocycles. The van der Waals surface area contributed by atoms with E-state index in [1.54, 1.807) is 0 Å². The second-order valence-corrected chi connectivity index (χ2v) is 13.8. The van der Waals surface area contributed by atoms with Gasteiger partial charge in [0.1, 0.15) is 11.4 Å². The average molecular weight is 601 g/mol. The van der Waals surface area contributed by atoms with Gasteiger partial charge in [0.15, 0.2) is 5.79 Å². The number of aromatic nitrogens is 1. The second kappa shape index (κ2) is 12.4. The molecule has 2 atom stereocenters. The number of halogens is 1. The van der Waals surface area contributed by atoms with Crippen LogP contribution in [0.3, 0.4) is 0 Å². The average Bonchev–Trinajstić information content (AvgIpc) is 3.08. The number of ether oxygens (including phenoxy) is 3. The van der Waals surface area contributed by atoms with E-state index >= 15 is 0 Å². The van der Waals surface area contributed by atoms with Crippen molar-refractivity contribution < 1.29 is 23.4 Å². The molecule has 0 bridgehead atoms. The Hall–Kier alpha value is -3.55. The molecule has 7 heteroatoms. The van der Waals surface area contributed by atoms with Crippen LogP contribution in [0, 0.1) is 5.82 Å². The van der Waals surface area contributed by atoms with Gasteiger partial charge in [-0.15, -0.1) is 0 Å². The number of rotatable bonds is 6. The third kappa shape index (κ3) is 7.56. The van der Waals surface area contributed by atoms with E-state index in [4.69, 9.17) is 24.9 Å². The summed E-state index contributed by atoms with van der Waals surface area (Å²) >= 11 is 0. The predicted molar refractivity (Wildman–Crippen MR) is 173 cm³/mol. The molecular formula is C37H45FN2O4. The Morgan fingerprint density at radius 3 is 2.52 bits per heavy atom. The quantitative estimate of drug-likeness (QED) is 0.228. The van der Waals surface area contributed by atoms with Crippen LogP contribution in [-0.2, 0) is 38.3 Å². The second-order valence-electron chi connectivity index (χ2n) is 13.8. The van der Waals surface area contributed by atoms with Gasteiger partial charge in [0.25, 0.3) is 0 Å². The third-order valence-electron chi connectivity index (χ3n) is 8.03. The Balaban J connectivity index is 1.58. The van der Waals surface area contributed by atoms with Gasteiger partial charge in [-0.3, -0.25) is 9.78 Å². The molecule has 0 saturated carbocycles. The lowest BCUT2D eigenvalue weighted by atomic mass is 9.86. The van der Waals surface area contributed by atoms with Crippen LogP contribution in [0.15, 0.2) is 48.5 Å². The van der Waals surface area contributed by atoms with Crippen molar-refractivity contribution in [3.63, 3.8) is 0 Å². The molecule has 1 aliphatic heterocycles. The van der Waals surface area contributed by atoms with Crippen molar-refractivity contribution in [3.8, 4) is 11.1 Å². The lowest BCUT2D eigenvalue weighted by Crippen LogP contribution is -2.45. The molecule has 1 fully saturated rings. The number of hydrogen-bond acceptors (Lipinski definition) is 6. The summed E-state index contributed by atoms with van der Waals surface area (Å²) in [5.74, 6) is -1.30. The van der Waals surface area contributed by atoms with E-state index in [1.165, 1.54) is 23.3 Å². The van der Waals surface area contributed by atoms with Gasteiger partial charge >= 0.3 is 5.97 Å². The number of esters is 1. The first-order chi connectivity index (χ1) is 20.7. The standard InChI is InChI=1S/C37H45FN2O4/c1-22(2)35-30(16-15-28-20-29(43-37(6,7)42-28)21-33(41)44-36(3,4)5)34(24-8-12-26(38)13-9-24)31-19-25-18-27(39)14-10-23(25)11-17-32(31)40-35/h8-10,12-16,18,22,28-29H,11,17,19-21,39H2,1-7H3/b16-15+/t28-,29-/m1/s1. The number of fused-ring (bicyclic) bond motifs is 2. The minimum atomic E-state index is -0.879. The minimum absolute atomic E-state index is 0.146. The molecule has 6 nitrogen and oxygen atoms in total. The summed E-state index contributed by atoms with van der Waals surface area (Å²) < 4.78 is 32.1. The van der Waals surface area contributed by atoms with Crippen LogP contribution in [0.25, 0.3) is 17.2 Å². The Labute approximate surface area is 260 Å². The van der Waals surface area contributed by atoms with E-state index in [0.717, 1.165) is 52.2 Å². The summed E-state index contributed by atoms with van der Waals surface area (Å²) in [6.45, 7) is 13.6. The maximum atomic E-state index is 14.1. The predicted octanol–water partition coefficient (Wildman–Crippen LogP) is 7.94. The smallest absolute Gasteiger partial charge is 0.308 e. The Morgan fingerprint density at radius 1 is 1.11 bits per heavy atom. The maximum Gasteiger partial charge on any atom is 0.308 e. The van der Waals surface area contributed by atoms with Crippen molar-refractivity contribution in [2.75, 3.05) is 5.73 Å². The van der Waals surface area contributed by atoms with Crippen LogP contribution in [-0.4, -0.2) is 34.5 Å². The van der Waals surface area contributed by atoms with E-state index in [9.17, 15) is 9.18 Å². The normalized spacial score (nSPS) is 19.8. The van der Waals surface area contributed by atoms with Gasteiger partial charge in [-0.1, -0.05) is 44.2 Å². The summed E-state index contributed by atoms with van der Waals surface area (Å²) in [6.07, 6.45) is 6.54. The molecule has 5 rings (SSSR count). The molecule has 1 aliphatic carbocycles. The van der Waals surface area contributed by atoms with E-state index in [-0.39, 0.29) is 36.3 Å². The zero-order chi connectivity index (χ0) is 31.8. The first-order valence-electron chi connectivity index (χ1n) is 15.6. The van der Waals surface area contributed by atoms with E-state index < -0.39 is 11.4 Å². The summed E-state index contributed by atoms with van der Waals surface area (Å²) in [5.41, 5.74) is 15.1. The lowest BCUT2D eigenvalue weighted by molar-refractivity contribution is -0.290. The fraction of sp³-hybridized carbons (Fsp3) is 0.459. The van der Waals surface area contributed by atoms with Gasteiger partial charge in [-0.05, 0) is 105 Å². The molecule has 234 valence electrons. The molecule has 0 amide bonds. The largest absolute Gasteiger partial charge is 0.460 e. The van der Waals surface area contributed by atoms with Crippen LogP contribution < -0.4 is 5.73 Å². The number of nitrogens with zero attached hydrogens (tertiary/aromatic N) is 1. The van der Waals surface area contributed by atoms with Gasteiger partial charge in [0.2, 0.25) is 0 Å². The molecule has 2 aromatic carbocycles. The zero-order valence-electron chi connectivity index (χ0n) is 27.0. The number of aryl methyl sites for hydroxylation is 2. The van der Waals surface area contributed by atoms with Crippen molar-refractivity contribution in [1.82, 2.24) is 4.98 Å². The van der Waals surface area contributed by atoms with E-state index in [0.29, 0.717) is 12.8 Å². The highest BCUT2D eigenvalue weighted by atomic mass is 19.1. The fourth-order valence-corrected chi connectivity index (χ4v) is 6.32. The molecule has 2 N–H and O–H groups in total. The topological polar surface area (TPSA) is 83.7 Å². The molecule has 0 unspecified atom stereocenters. The van der Waals surface area contributed by atoms with E-state index in [1.807, 2.05) is 52.8 Å². The third-order valence-corrected chi connectivity index (χ3v) is 8.03. The van der Waals surface area contributed by atoms with Crippen LogP contribution in [0.2, 0.25) is 0 Å². The first kappa shape index (κ1) is 31.9. The number of pyridine rings is 1. The van der Waals surface area contributed by atoms with Crippen LogP contribution in [0.1, 0.15) is 101 Å². The minimum Gasteiger partial charge on any atom is -0.460 e. The number of benzene rings is 2. The monoisotopic (exact) mass is 600 g/mol. The first-order valence-corrected chi connectivity index (χ1v) is 15.6. The van der Waals surface area contributed by atoms with Gasteiger partial charge in [0, 0.05) is 29.8 Å². The fourth-order valence-electron chi connectivity index (χ4n) is 6.32. The molecule has 2 aliphatic rings. The van der Waals surface area contributed by atoms with Crippen LogP contribution in [0.4, 0.5) is 10.1 Å². The van der Waals surface area contributed by atoms with Crippen LogP contribution in [0.5, 0.6) is 0 Å². The Morgan fingerprint density at radius 2 is 1.84 bits per heavy atom. The molecule has 3 aromatic rings. The summed E-state index contributed by atoms with van der Waals surface area (Å²) in [4.78, 5) is 17.9. The van der Waals surface area contributed by atoms with Crippen molar-refractivity contribution in [1.29, 1.82) is 0 Å². The van der Waals surface area contributed by atoms with Crippen LogP contribution >= 0.6 is 0 Å². The highest BCUT2D eigenvalue weighted by Crippen LogP contribution is 2.39. The Bertz CT molecular complexity index is 1550. The molecule has 1 saturated heterocycles. The number of hydrogen-bond donors (Lipinski definition) is 1. The van der Waals surface area contributed by atoms with Crippen molar-refractivity contribution in [3.05, 3.63) is 88.0 Å². The van der Waals surface area contributed by atoms with Gasteiger partial charge in [0.05, 0.1) is 24.3 Å². The summed E-state index contributed by atoms with van der Waals surface area (Å²) in [7, 11) is 0. The number of anilines is 1. The summed E-state index contributed by atoms with van der Waals surface area (Å²) in [6, 6.07) is 12.9. The number of carbonyl (C=O) groups excluding carboxylic acids is 1. The molecule has 0 radical (unpaired) electrons. The van der Waals surface area contributed by atoms with Gasteiger partial charge in [-0.25, -0.2) is 4.39 Å². The van der Waals surface area contributed by atoms with Gasteiger partial charge < -0.3 is 19.9 Å².